The quantitative estimate of drug-likeness (QED) is 0.888. The van der Waals surface area contributed by atoms with Crippen molar-refractivity contribution in [3.63, 3.8) is 0 Å². The topological polar surface area (TPSA) is 75.3 Å². The lowest BCUT2D eigenvalue weighted by atomic mass is 9.86. The molecule has 0 bridgehead atoms. The van der Waals surface area contributed by atoms with Crippen molar-refractivity contribution < 1.29 is 13.2 Å². The third-order valence-electron chi connectivity index (χ3n) is 3.92. The lowest BCUT2D eigenvalue weighted by Crippen LogP contribution is -2.38. The Balaban J connectivity index is 2.02. The molecule has 1 atom stereocenters. The van der Waals surface area contributed by atoms with Gasteiger partial charge >= 0.3 is 0 Å². The summed E-state index contributed by atoms with van der Waals surface area (Å²) < 4.78 is 22.9. The molecule has 0 saturated carbocycles. The van der Waals surface area contributed by atoms with Crippen LogP contribution in [-0.4, -0.2) is 26.0 Å². The molecule has 1 heterocycles. The lowest BCUT2D eigenvalue weighted by Gasteiger charge is -2.23. The fourth-order valence-electron chi connectivity index (χ4n) is 2.41. The number of hydrogen-bond acceptors (Lipinski definition) is 4. The number of nitrogens with one attached hydrogen (secondary N) is 2. The Hall–Kier alpha value is -1.82. The van der Waals surface area contributed by atoms with Crippen LogP contribution in [0.2, 0.25) is 0 Å². The monoisotopic (exact) mass is 336 g/mol. The molecular formula is C17H24N2O3S. The maximum atomic E-state index is 12.3. The van der Waals surface area contributed by atoms with E-state index in [0.29, 0.717) is 24.1 Å². The molecular weight excluding hydrogens is 312 g/mol. The summed E-state index contributed by atoms with van der Waals surface area (Å²) >= 11 is 0. The Morgan fingerprint density at radius 2 is 1.83 bits per heavy atom. The van der Waals surface area contributed by atoms with Crippen LogP contribution in [-0.2, 0) is 15.3 Å². The number of benzene rings is 1. The third kappa shape index (κ3) is 4.58. The number of hydrogen-bond donors (Lipinski definition) is 2. The van der Waals surface area contributed by atoms with Crippen LogP contribution in [0.25, 0.3) is 0 Å². The van der Waals surface area contributed by atoms with Gasteiger partial charge in [-0.25, -0.2) is 8.42 Å². The van der Waals surface area contributed by atoms with Gasteiger partial charge in [0.1, 0.15) is 5.37 Å². The Kier molecular flexibility index (Phi) is 4.84. The van der Waals surface area contributed by atoms with E-state index in [1.165, 1.54) is 11.8 Å². The fourth-order valence-corrected chi connectivity index (χ4v) is 3.27. The summed E-state index contributed by atoms with van der Waals surface area (Å²) in [6, 6.07) is 7.54. The summed E-state index contributed by atoms with van der Waals surface area (Å²) in [4.78, 5) is 12.3. The average Bonchev–Trinajstić information content (AvgIpc) is 2.46. The highest BCUT2D eigenvalue weighted by Gasteiger charge is 2.23. The normalized spacial score (nSPS) is 18.8. The second-order valence-corrected chi connectivity index (χ2v) is 9.20. The van der Waals surface area contributed by atoms with Crippen molar-refractivity contribution in [3.8, 4) is 0 Å². The molecule has 5 nitrogen and oxygen atoms in total. The van der Waals surface area contributed by atoms with E-state index < -0.39 is 15.2 Å². The van der Waals surface area contributed by atoms with Gasteiger partial charge in [-0.3, -0.25) is 4.79 Å². The minimum atomic E-state index is -3.12. The molecule has 1 aliphatic rings. The van der Waals surface area contributed by atoms with Crippen molar-refractivity contribution in [2.75, 3.05) is 6.26 Å². The molecule has 0 fully saturated rings. The molecule has 0 spiro atoms. The second kappa shape index (κ2) is 6.35. The molecule has 0 saturated heterocycles. The van der Waals surface area contributed by atoms with Crippen LogP contribution in [0, 0.1) is 0 Å². The molecule has 1 aromatic rings. The first-order chi connectivity index (χ1) is 10.6. The Bertz CT molecular complexity index is 713. The highest BCUT2D eigenvalue weighted by Crippen LogP contribution is 2.22. The highest BCUT2D eigenvalue weighted by molar-refractivity contribution is 7.91. The second-order valence-electron chi connectivity index (χ2n) is 6.97. The number of amides is 1. The van der Waals surface area contributed by atoms with Gasteiger partial charge in [0.2, 0.25) is 0 Å². The number of sulfone groups is 1. The zero-order valence-electron chi connectivity index (χ0n) is 14.0. The molecule has 1 aliphatic heterocycles. The van der Waals surface area contributed by atoms with Gasteiger partial charge in [0.25, 0.3) is 5.91 Å². The molecule has 2 rings (SSSR count). The molecule has 0 aromatic heterocycles. The number of carbonyl (C=O) groups excluding carboxylic acids is 1. The van der Waals surface area contributed by atoms with E-state index >= 15 is 0 Å². The van der Waals surface area contributed by atoms with E-state index in [9.17, 15) is 13.2 Å². The van der Waals surface area contributed by atoms with Crippen molar-refractivity contribution in [1.29, 1.82) is 0 Å². The van der Waals surface area contributed by atoms with Crippen LogP contribution in [0.1, 0.15) is 49.5 Å². The standard InChI is InChI=1S/C17H24N2O3S/c1-17(2,3)13-7-5-12(6-8-13)16(20)19-14-9-10-15(18-11-14)23(4,21)22/h5-8,11,15,18H,9-10H2,1-4H3,(H,19,20). The van der Waals surface area contributed by atoms with Gasteiger partial charge in [-0.1, -0.05) is 32.9 Å². The Morgan fingerprint density at radius 3 is 2.26 bits per heavy atom. The first-order valence-electron chi connectivity index (χ1n) is 7.63. The predicted octanol–water partition coefficient (Wildman–Crippen LogP) is 2.31. The minimum absolute atomic E-state index is 0.0471. The summed E-state index contributed by atoms with van der Waals surface area (Å²) in [5.41, 5.74) is 2.51. The van der Waals surface area contributed by atoms with Gasteiger partial charge in [-0.2, -0.15) is 0 Å². The van der Waals surface area contributed by atoms with Gasteiger partial charge in [0.05, 0.1) is 0 Å². The van der Waals surface area contributed by atoms with E-state index in [0.717, 1.165) is 0 Å². The van der Waals surface area contributed by atoms with Crippen LogP contribution >= 0.6 is 0 Å². The molecule has 1 unspecified atom stereocenters. The summed E-state index contributed by atoms with van der Waals surface area (Å²) in [5, 5.41) is 5.09. The lowest BCUT2D eigenvalue weighted by molar-refractivity contribution is 0.0963. The molecule has 0 radical (unpaired) electrons. The minimum Gasteiger partial charge on any atom is -0.374 e. The van der Waals surface area contributed by atoms with E-state index in [-0.39, 0.29) is 11.3 Å². The molecule has 2 N–H and O–H groups in total. The van der Waals surface area contributed by atoms with Crippen LogP contribution in [0.5, 0.6) is 0 Å². The van der Waals surface area contributed by atoms with Crippen LogP contribution < -0.4 is 10.6 Å². The third-order valence-corrected chi connectivity index (χ3v) is 5.33. The van der Waals surface area contributed by atoms with Crippen molar-refractivity contribution in [2.24, 2.45) is 0 Å². The summed E-state index contributed by atoms with van der Waals surface area (Å²) in [6.07, 6.45) is 3.76. The first-order valence-corrected chi connectivity index (χ1v) is 9.59. The average molecular weight is 336 g/mol. The fraction of sp³-hybridized carbons (Fsp3) is 0.471. The maximum absolute atomic E-state index is 12.3. The number of allylic oxidation sites excluding steroid dienone is 1. The number of rotatable bonds is 3. The Morgan fingerprint density at radius 1 is 1.22 bits per heavy atom. The zero-order chi connectivity index (χ0) is 17.3. The molecule has 23 heavy (non-hydrogen) atoms. The van der Waals surface area contributed by atoms with Crippen molar-refractivity contribution in [2.45, 2.75) is 44.4 Å². The van der Waals surface area contributed by atoms with Gasteiger partial charge in [0, 0.05) is 23.7 Å². The van der Waals surface area contributed by atoms with Crippen molar-refractivity contribution >= 4 is 15.7 Å². The van der Waals surface area contributed by atoms with Gasteiger partial charge in [-0.15, -0.1) is 0 Å². The molecule has 126 valence electrons. The number of carbonyl (C=O) groups is 1. The SMILES string of the molecule is CC(C)(C)c1ccc(C(=O)NC2=CNC(S(C)(=O)=O)CC2)cc1. The van der Waals surface area contributed by atoms with Crippen molar-refractivity contribution in [3.05, 3.63) is 47.3 Å². The van der Waals surface area contributed by atoms with E-state index in [4.69, 9.17) is 0 Å². The Labute approximate surface area is 138 Å². The zero-order valence-corrected chi connectivity index (χ0v) is 14.8. The molecule has 1 amide bonds. The summed E-state index contributed by atoms with van der Waals surface area (Å²) in [7, 11) is -3.12. The largest absolute Gasteiger partial charge is 0.374 e. The van der Waals surface area contributed by atoms with E-state index in [1.54, 1.807) is 6.20 Å². The molecule has 6 heteroatoms. The molecule has 0 aliphatic carbocycles. The highest BCUT2D eigenvalue weighted by atomic mass is 32.2. The van der Waals surface area contributed by atoms with Gasteiger partial charge < -0.3 is 10.6 Å². The smallest absolute Gasteiger partial charge is 0.255 e. The predicted molar refractivity (Wildman–Crippen MR) is 91.7 cm³/mol. The first kappa shape index (κ1) is 17.5. The van der Waals surface area contributed by atoms with E-state index in [2.05, 4.69) is 31.4 Å². The summed E-state index contributed by atoms with van der Waals surface area (Å²) in [6.45, 7) is 6.37. The van der Waals surface area contributed by atoms with Crippen LogP contribution in [0.3, 0.4) is 0 Å². The summed E-state index contributed by atoms with van der Waals surface area (Å²) in [5.74, 6) is -0.184. The van der Waals surface area contributed by atoms with Gasteiger partial charge in [0.15, 0.2) is 9.84 Å². The van der Waals surface area contributed by atoms with Crippen LogP contribution in [0.4, 0.5) is 0 Å². The van der Waals surface area contributed by atoms with Crippen molar-refractivity contribution in [1.82, 2.24) is 10.6 Å². The van der Waals surface area contributed by atoms with Crippen LogP contribution in [0.15, 0.2) is 36.2 Å². The van der Waals surface area contributed by atoms with Gasteiger partial charge in [-0.05, 0) is 36.0 Å². The maximum Gasteiger partial charge on any atom is 0.255 e. The van der Waals surface area contributed by atoms with E-state index in [1.807, 2.05) is 24.3 Å². The molecule has 1 aromatic carbocycles.